The van der Waals surface area contributed by atoms with Crippen LogP contribution in [0.5, 0.6) is 0 Å². The third-order valence-corrected chi connectivity index (χ3v) is 11.1. The molecule has 0 aliphatic heterocycles. The molecule has 0 aromatic carbocycles. The first kappa shape index (κ1) is 60.6. The molecule has 0 heterocycles. The Balaban J connectivity index is 4.35. The second kappa shape index (κ2) is 52.2. The molecule has 0 rings (SSSR count). The molecule has 6 nitrogen and oxygen atoms in total. The topological polar surface area (TPSA) is 78.9 Å². The van der Waals surface area contributed by atoms with E-state index in [0.29, 0.717) is 19.3 Å². The fraction of sp³-hybridized carbons (Fsp3) is 0.707. The van der Waals surface area contributed by atoms with Crippen LogP contribution in [0.4, 0.5) is 0 Å². The minimum absolute atomic E-state index is 0.0883. The zero-order valence-corrected chi connectivity index (χ0v) is 41.8. The lowest BCUT2D eigenvalue weighted by Crippen LogP contribution is -2.30. The summed E-state index contributed by atoms with van der Waals surface area (Å²) in [5.41, 5.74) is 0. The van der Waals surface area contributed by atoms with Gasteiger partial charge in [-0.25, -0.2) is 0 Å². The number of ether oxygens (including phenoxy) is 3. The molecule has 0 spiro atoms. The summed E-state index contributed by atoms with van der Waals surface area (Å²) < 4.78 is 16.7. The number of hydrogen-bond acceptors (Lipinski definition) is 6. The Morgan fingerprint density at radius 3 is 1.00 bits per heavy atom. The quantitative estimate of drug-likeness (QED) is 0.0262. The van der Waals surface area contributed by atoms with Gasteiger partial charge in [0.1, 0.15) is 13.2 Å². The Morgan fingerprint density at radius 1 is 0.328 bits per heavy atom. The van der Waals surface area contributed by atoms with E-state index < -0.39 is 6.10 Å². The van der Waals surface area contributed by atoms with E-state index in [0.717, 1.165) is 103 Å². The summed E-state index contributed by atoms with van der Waals surface area (Å²) in [4.78, 5) is 37.9. The summed E-state index contributed by atoms with van der Waals surface area (Å²) in [6.45, 7) is 6.44. The van der Waals surface area contributed by atoms with Crippen molar-refractivity contribution in [2.45, 2.75) is 252 Å². The van der Waals surface area contributed by atoms with E-state index in [1.165, 1.54) is 103 Å². The molecule has 0 aromatic heterocycles. The van der Waals surface area contributed by atoms with Crippen LogP contribution >= 0.6 is 0 Å². The highest BCUT2D eigenvalue weighted by Crippen LogP contribution is 2.14. The lowest BCUT2D eigenvalue weighted by atomic mass is 10.1. The van der Waals surface area contributed by atoms with Crippen molar-refractivity contribution in [3.63, 3.8) is 0 Å². The maximum absolute atomic E-state index is 12.8. The van der Waals surface area contributed by atoms with Crippen LogP contribution in [0.25, 0.3) is 0 Å². The van der Waals surface area contributed by atoms with Crippen molar-refractivity contribution in [1.29, 1.82) is 0 Å². The average molecular weight is 891 g/mol. The first-order valence-electron chi connectivity index (χ1n) is 26.6. The van der Waals surface area contributed by atoms with Crippen LogP contribution in [0.1, 0.15) is 245 Å². The normalized spacial score (nSPS) is 12.7. The molecule has 0 aromatic rings. The zero-order valence-electron chi connectivity index (χ0n) is 41.8. The van der Waals surface area contributed by atoms with Gasteiger partial charge in [-0.15, -0.1) is 0 Å². The molecule has 0 saturated heterocycles. The molecule has 6 heteroatoms. The van der Waals surface area contributed by atoms with Crippen LogP contribution < -0.4 is 0 Å². The number of carbonyl (C=O) groups is 3. The molecule has 0 radical (unpaired) electrons. The summed E-state index contributed by atoms with van der Waals surface area (Å²) in [5.74, 6) is -0.930. The molecule has 366 valence electrons. The number of allylic oxidation sites excluding steroid dienone is 14. The molecule has 0 amide bonds. The summed E-state index contributed by atoms with van der Waals surface area (Å²) in [6, 6.07) is 0. The van der Waals surface area contributed by atoms with E-state index in [1.54, 1.807) is 0 Å². The smallest absolute Gasteiger partial charge is 0.306 e. The summed E-state index contributed by atoms with van der Waals surface area (Å²) in [5, 5.41) is 0. The monoisotopic (exact) mass is 891 g/mol. The lowest BCUT2D eigenvalue weighted by molar-refractivity contribution is -0.167. The second-order valence-electron chi connectivity index (χ2n) is 17.4. The fourth-order valence-corrected chi connectivity index (χ4v) is 7.15. The van der Waals surface area contributed by atoms with Gasteiger partial charge in [0.25, 0.3) is 0 Å². The van der Waals surface area contributed by atoms with Crippen LogP contribution in [-0.2, 0) is 28.6 Å². The van der Waals surface area contributed by atoms with Gasteiger partial charge in [-0.1, -0.05) is 215 Å². The van der Waals surface area contributed by atoms with Gasteiger partial charge in [-0.05, 0) is 96.3 Å². The third-order valence-electron chi connectivity index (χ3n) is 11.1. The predicted molar refractivity (Wildman–Crippen MR) is 274 cm³/mol. The Labute approximate surface area is 395 Å². The Morgan fingerprint density at radius 2 is 0.609 bits per heavy atom. The molecule has 0 aliphatic rings. The average Bonchev–Trinajstić information content (AvgIpc) is 3.29. The van der Waals surface area contributed by atoms with Crippen LogP contribution in [0, 0.1) is 0 Å². The largest absolute Gasteiger partial charge is 0.462 e. The fourth-order valence-electron chi connectivity index (χ4n) is 7.15. The molecule has 0 bridgehead atoms. The van der Waals surface area contributed by atoms with Crippen molar-refractivity contribution in [3.05, 3.63) is 85.1 Å². The number of carbonyl (C=O) groups excluding carboxylic acids is 3. The summed E-state index contributed by atoms with van der Waals surface area (Å²) in [6.07, 6.45) is 67.2. The van der Waals surface area contributed by atoms with Gasteiger partial charge in [0.2, 0.25) is 0 Å². The van der Waals surface area contributed by atoms with Gasteiger partial charge >= 0.3 is 17.9 Å². The highest BCUT2D eigenvalue weighted by Gasteiger charge is 2.19. The maximum atomic E-state index is 12.8. The molecule has 0 aliphatic carbocycles. The van der Waals surface area contributed by atoms with Crippen LogP contribution in [0.15, 0.2) is 85.1 Å². The van der Waals surface area contributed by atoms with Gasteiger partial charge in [-0.2, -0.15) is 0 Å². The third kappa shape index (κ3) is 49.6. The first-order chi connectivity index (χ1) is 31.5. The minimum atomic E-state index is -0.790. The molecule has 0 N–H and O–H groups in total. The highest BCUT2D eigenvalue weighted by molar-refractivity contribution is 5.71. The second-order valence-corrected chi connectivity index (χ2v) is 17.4. The summed E-state index contributed by atoms with van der Waals surface area (Å²) in [7, 11) is 0. The van der Waals surface area contributed by atoms with Crippen LogP contribution in [0.2, 0.25) is 0 Å². The van der Waals surface area contributed by atoms with E-state index in [1.807, 2.05) is 0 Å². The zero-order chi connectivity index (χ0) is 46.5. The van der Waals surface area contributed by atoms with E-state index in [2.05, 4.69) is 106 Å². The molecule has 64 heavy (non-hydrogen) atoms. The molecule has 0 fully saturated rings. The van der Waals surface area contributed by atoms with E-state index in [4.69, 9.17) is 14.2 Å². The summed E-state index contributed by atoms with van der Waals surface area (Å²) >= 11 is 0. The van der Waals surface area contributed by atoms with Crippen molar-refractivity contribution in [3.8, 4) is 0 Å². The Hall–Kier alpha value is -3.41. The number of esters is 3. The van der Waals surface area contributed by atoms with Crippen molar-refractivity contribution < 1.29 is 28.6 Å². The number of unbranched alkanes of at least 4 members (excludes halogenated alkanes) is 22. The van der Waals surface area contributed by atoms with Crippen LogP contribution in [-0.4, -0.2) is 37.2 Å². The molecule has 1 atom stereocenters. The van der Waals surface area contributed by atoms with Gasteiger partial charge in [-0.3, -0.25) is 14.4 Å². The van der Waals surface area contributed by atoms with Crippen molar-refractivity contribution in [2.24, 2.45) is 0 Å². The van der Waals surface area contributed by atoms with Crippen molar-refractivity contribution in [1.82, 2.24) is 0 Å². The lowest BCUT2D eigenvalue weighted by Gasteiger charge is -2.18. The van der Waals surface area contributed by atoms with Crippen molar-refractivity contribution in [2.75, 3.05) is 13.2 Å². The van der Waals surface area contributed by atoms with Gasteiger partial charge in [0.15, 0.2) is 6.10 Å². The standard InChI is InChI=1S/C58H98O6/c1-4-7-10-13-16-19-21-23-25-27-29-31-33-35-37-39-42-45-48-51-57(60)63-54-55(53-62-56(59)50-47-44-41-18-15-12-9-6-3)64-58(61)52-49-46-43-40-38-36-34-32-30-28-26-24-22-20-17-14-11-8-5-2/h7,10,16-17,19-20,23-26,29,31,35,37,55H,4-6,8-9,11-15,18,21-22,27-28,30,32-34,36,38-54H2,1-3H3/b10-7-,19-16-,20-17-,25-23-,26-24-,31-29-,37-35-. The Bertz CT molecular complexity index is 1250. The highest BCUT2D eigenvalue weighted by atomic mass is 16.6. The molecular weight excluding hydrogens is 793 g/mol. The van der Waals surface area contributed by atoms with Gasteiger partial charge < -0.3 is 14.2 Å². The van der Waals surface area contributed by atoms with E-state index >= 15 is 0 Å². The van der Waals surface area contributed by atoms with Gasteiger partial charge in [0.05, 0.1) is 0 Å². The van der Waals surface area contributed by atoms with E-state index in [-0.39, 0.29) is 31.1 Å². The minimum Gasteiger partial charge on any atom is -0.462 e. The molecular formula is C58H98O6. The predicted octanol–water partition coefficient (Wildman–Crippen LogP) is 17.6. The number of hydrogen-bond donors (Lipinski definition) is 0. The maximum Gasteiger partial charge on any atom is 0.306 e. The molecule has 0 saturated carbocycles. The van der Waals surface area contributed by atoms with Crippen LogP contribution in [0.3, 0.4) is 0 Å². The first-order valence-corrected chi connectivity index (χ1v) is 26.6. The van der Waals surface area contributed by atoms with Gasteiger partial charge in [0, 0.05) is 19.3 Å². The van der Waals surface area contributed by atoms with E-state index in [9.17, 15) is 14.4 Å². The Kier molecular flexibility index (Phi) is 49.4. The SMILES string of the molecule is CC/C=C\C/C=C\C/C=C\C/C=C\C/C=C\CCCCCC(=O)OCC(COC(=O)CCCCCCCCCC)OC(=O)CCCCCCCCCCC/C=C\C/C=C\CCCCC. The van der Waals surface area contributed by atoms with Crippen molar-refractivity contribution >= 4 is 17.9 Å². The number of rotatable bonds is 47. The molecule has 1 unspecified atom stereocenters.